The van der Waals surface area contributed by atoms with E-state index < -0.39 is 5.63 Å². The van der Waals surface area contributed by atoms with Crippen LogP contribution in [0.15, 0.2) is 140 Å². The fourth-order valence-corrected chi connectivity index (χ4v) is 6.68. The minimum absolute atomic E-state index is 0. The second kappa shape index (κ2) is 16.4. The summed E-state index contributed by atoms with van der Waals surface area (Å²) >= 11 is 0. The van der Waals surface area contributed by atoms with Crippen molar-refractivity contribution in [3.63, 3.8) is 0 Å². The van der Waals surface area contributed by atoms with Gasteiger partial charge in [0.1, 0.15) is 0 Å². The van der Waals surface area contributed by atoms with Crippen LogP contribution in [0.1, 0.15) is 60.3 Å². The molecule has 1 aliphatic rings. The van der Waals surface area contributed by atoms with Gasteiger partial charge in [0.25, 0.3) is 0 Å². The molecule has 0 spiro atoms. The van der Waals surface area contributed by atoms with Crippen LogP contribution in [-0.2, 0) is 11.3 Å². The molecule has 0 fully saturated rings. The number of carbonyl (C=O) groups is 1. The number of hydrogen-bond acceptors (Lipinski definition) is 5. The maximum Gasteiger partial charge on any atom is 0.336 e. The Morgan fingerprint density at radius 3 is 2.61 bits per heavy atom. The number of furan rings is 1. The average molecular weight is 750 g/mol. The molecule has 7 nitrogen and oxygen atoms in total. The van der Waals surface area contributed by atoms with Crippen LogP contribution in [0.3, 0.4) is 0 Å². The number of nitrogens with zero attached hydrogens (tertiary/aromatic N) is 1. The minimum Gasteiger partial charge on any atom is -1.00 e. The molecule has 0 aliphatic heterocycles. The quantitative estimate of drug-likeness (QED) is 0.0521. The standard InChI is InChI=1S/C43H44N2O5.BrH/c1-29(12-16-37-31(3)11-7-20-43(37,4)5)9-6-10-30(2)25-38(46)44-36-15-13-35-28-45(22-18-32(35)27-36)21-8-23-48-42-40-34(19-24-49-40)26-33-14-17-39(47)50-41(33)42;/h6,9-10,12-19,22,24-28H,7-8,11,20-21,23H2,1-5H3;1H/b10-6+,16-12+,29-9+,30-25+;. The molecule has 264 valence electrons. The van der Waals surface area contributed by atoms with Gasteiger partial charge in [-0.15, -0.1) is 0 Å². The Kier molecular flexibility index (Phi) is 12.0. The van der Waals surface area contributed by atoms with E-state index in [1.807, 2.05) is 61.7 Å². The monoisotopic (exact) mass is 748 g/mol. The fraction of sp³-hybridized carbons (Fsp3) is 0.279. The molecule has 1 N–H and O–H groups in total. The topological polar surface area (TPSA) is 85.6 Å². The number of fused-ring (bicyclic) bond motifs is 3. The first kappa shape index (κ1) is 37.3. The van der Waals surface area contributed by atoms with E-state index in [4.69, 9.17) is 13.6 Å². The molecule has 0 bridgehead atoms. The van der Waals surface area contributed by atoms with Gasteiger partial charge >= 0.3 is 5.63 Å². The third-order valence-corrected chi connectivity index (χ3v) is 9.33. The van der Waals surface area contributed by atoms with Crippen LogP contribution in [0.2, 0.25) is 0 Å². The van der Waals surface area contributed by atoms with Crippen molar-refractivity contribution >= 4 is 44.3 Å². The number of benzene rings is 2. The lowest BCUT2D eigenvalue weighted by atomic mass is 9.72. The molecular formula is C43H45BrN2O5. The molecule has 51 heavy (non-hydrogen) atoms. The number of pyridine rings is 1. The van der Waals surface area contributed by atoms with E-state index in [1.54, 1.807) is 18.4 Å². The molecule has 0 unspecified atom stereocenters. The Balaban J connectivity index is 0.00000504. The van der Waals surface area contributed by atoms with Crippen molar-refractivity contribution in [1.29, 1.82) is 0 Å². The van der Waals surface area contributed by atoms with Crippen molar-refractivity contribution in [2.45, 2.75) is 66.8 Å². The Labute approximate surface area is 309 Å². The molecular weight excluding hydrogens is 704 g/mol. The number of anilines is 1. The summed E-state index contributed by atoms with van der Waals surface area (Å²) in [5.41, 5.74) is 6.46. The first-order valence-electron chi connectivity index (χ1n) is 17.3. The Morgan fingerprint density at radius 1 is 0.980 bits per heavy atom. The van der Waals surface area contributed by atoms with Gasteiger partial charge in [-0.25, -0.2) is 9.36 Å². The highest BCUT2D eigenvalue weighted by molar-refractivity contribution is 6.01. The predicted molar refractivity (Wildman–Crippen MR) is 201 cm³/mol. The zero-order valence-corrected chi connectivity index (χ0v) is 31.5. The van der Waals surface area contributed by atoms with E-state index in [-0.39, 0.29) is 28.3 Å². The molecule has 6 rings (SSSR count). The summed E-state index contributed by atoms with van der Waals surface area (Å²) in [6.45, 7) is 12.1. The number of allylic oxidation sites excluding steroid dienone is 9. The fourth-order valence-electron chi connectivity index (χ4n) is 6.68. The summed E-state index contributed by atoms with van der Waals surface area (Å²) in [5.74, 6) is 0.277. The molecule has 5 aromatic rings. The van der Waals surface area contributed by atoms with Gasteiger partial charge in [-0.05, 0) is 98.4 Å². The third-order valence-electron chi connectivity index (χ3n) is 9.33. The number of amides is 1. The first-order valence-corrected chi connectivity index (χ1v) is 17.3. The summed E-state index contributed by atoms with van der Waals surface area (Å²) in [6.07, 6.45) is 22.2. The molecule has 2 aromatic carbocycles. The number of hydrogen-bond donors (Lipinski definition) is 1. The van der Waals surface area contributed by atoms with Crippen LogP contribution in [-0.4, -0.2) is 12.5 Å². The molecule has 0 saturated carbocycles. The Bertz CT molecular complexity index is 2280. The summed E-state index contributed by atoms with van der Waals surface area (Å²) in [5, 5.41) is 6.75. The van der Waals surface area contributed by atoms with Crippen molar-refractivity contribution in [2.75, 3.05) is 11.9 Å². The Morgan fingerprint density at radius 2 is 1.78 bits per heavy atom. The molecule has 8 heteroatoms. The minimum atomic E-state index is -0.434. The summed E-state index contributed by atoms with van der Waals surface area (Å²) in [4.78, 5) is 24.7. The highest BCUT2D eigenvalue weighted by Crippen LogP contribution is 2.41. The van der Waals surface area contributed by atoms with E-state index in [1.165, 1.54) is 42.0 Å². The van der Waals surface area contributed by atoms with Crippen molar-refractivity contribution in [1.82, 2.24) is 0 Å². The lowest BCUT2D eigenvalue weighted by Gasteiger charge is -2.32. The van der Waals surface area contributed by atoms with Crippen molar-refractivity contribution in [3.8, 4) is 5.75 Å². The molecule has 1 aliphatic carbocycles. The zero-order valence-electron chi connectivity index (χ0n) is 29.9. The zero-order chi connectivity index (χ0) is 35.3. The lowest BCUT2D eigenvalue weighted by Crippen LogP contribution is -3.00. The third kappa shape index (κ3) is 9.24. The van der Waals surface area contributed by atoms with Crippen LogP contribution < -0.4 is 37.2 Å². The van der Waals surface area contributed by atoms with Crippen molar-refractivity contribution in [3.05, 3.63) is 136 Å². The average Bonchev–Trinajstić information content (AvgIpc) is 3.54. The largest absolute Gasteiger partial charge is 1.00 e. The van der Waals surface area contributed by atoms with Gasteiger partial charge in [0.05, 0.1) is 12.9 Å². The highest BCUT2D eigenvalue weighted by Gasteiger charge is 2.26. The van der Waals surface area contributed by atoms with Gasteiger partial charge in [-0.3, -0.25) is 4.79 Å². The van der Waals surface area contributed by atoms with Gasteiger partial charge in [0.2, 0.25) is 11.7 Å². The number of halogens is 1. The molecule has 3 heterocycles. The number of ether oxygens (including phenoxy) is 1. The molecule has 1 amide bonds. The predicted octanol–water partition coefficient (Wildman–Crippen LogP) is 6.92. The van der Waals surface area contributed by atoms with Crippen LogP contribution in [0, 0.1) is 5.41 Å². The normalized spacial score (nSPS) is 15.3. The first-order chi connectivity index (χ1) is 24.1. The van der Waals surface area contributed by atoms with E-state index >= 15 is 0 Å². The lowest BCUT2D eigenvalue weighted by molar-refractivity contribution is -0.696. The summed E-state index contributed by atoms with van der Waals surface area (Å²) in [7, 11) is 0. The van der Waals surface area contributed by atoms with E-state index in [9.17, 15) is 9.59 Å². The van der Waals surface area contributed by atoms with Gasteiger partial charge in [0, 0.05) is 46.5 Å². The van der Waals surface area contributed by atoms with E-state index in [2.05, 4.69) is 62.0 Å². The maximum atomic E-state index is 12.8. The van der Waals surface area contributed by atoms with Gasteiger partial charge in [-0.2, -0.15) is 0 Å². The van der Waals surface area contributed by atoms with Gasteiger partial charge in [-0.1, -0.05) is 55.4 Å². The number of nitrogens with one attached hydrogen (secondary N) is 1. The molecule has 0 saturated heterocycles. The SMILES string of the molecule is CC1=C(/C=C/C(C)=C/C=C/C(C)=C/C(=O)Nc2ccc3c[n+](CCCOc4c5occc5cc5ccc(=O)oc45)ccc3c2)C(C)(C)CCC1.[Br-]. The Hall–Kier alpha value is -4.95. The summed E-state index contributed by atoms with van der Waals surface area (Å²) < 4.78 is 19.3. The molecule has 0 radical (unpaired) electrons. The maximum absolute atomic E-state index is 12.8. The smallest absolute Gasteiger partial charge is 0.336 e. The van der Waals surface area contributed by atoms with Crippen molar-refractivity contribution in [2.24, 2.45) is 5.41 Å². The van der Waals surface area contributed by atoms with Gasteiger partial charge < -0.3 is 35.9 Å². The van der Waals surface area contributed by atoms with Crippen molar-refractivity contribution < 1.29 is 39.9 Å². The van der Waals surface area contributed by atoms with Crippen LogP contribution in [0.4, 0.5) is 5.69 Å². The van der Waals surface area contributed by atoms with Crippen LogP contribution in [0.25, 0.3) is 32.7 Å². The number of aromatic nitrogens is 1. The number of rotatable bonds is 11. The van der Waals surface area contributed by atoms with Gasteiger partial charge in [0.15, 0.2) is 30.1 Å². The second-order valence-electron chi connectivity index (χ2n) is 13.9. The molecule has 0 atom stereocenters. The van der Waals surface area contributed by atoms with E-state index in [0.29, 0.717) is 23.5 Å². The number of carbonyl (C=O) groups excluding carboxylic acids is 1. The van der Waals surface area contributed by atoms with Crippen LogP contribution in [0.5, 0.6) is 5.75 Å². The number of aryl methyl sites for hydroxylation is 1. The highest BCUT2D eigenvalue weighted by atomic mass is 79.9. The second-order valence-corrected chi connectivity index (χ2v) is 13.9. The molecule has 3 aromatic heterocycles. The van der Waals surface area contributed by atoms with E-state index in [0.717, 1.165) is 45.8 Å². The van der Waals surface area contributed by atoms with Crippen LogP contribution >= 0.6 is 0 Å². The summed E-state index contributed by atoms with van der Waals surface area (Å²) in [6, 6.07) is 14.8.